The highest BCUT2D eigenvalue weighted by molar-refractivity contribution is 5.69. The molecule has 1 aliphatic rings. The average molecular weight is 186 g/mol. The van der Waals surface area contributed by atoms with Crippen molar-refractivity contribution in [3.05, 3.63) is 47.3 Å². The molecule has 0 aliphatic carbocycles. The van der Waals surface area contributed by atoms with E-state index in [0.717, 1.165) is 17.9 Å². The molecule has 2 rings (SSSR count). The Labute approximate surface area is 84.4 Å². The molecule has 1 aromatic heterocycles. The maximum Gasteiger partial charge on any atom is 0.0892 e. The van der Waals surface area contributed by atoms with E-state index in [9.17, 15) is 0 Å². The number of pyridine rings is 1. The van der Waals surface area contributed by atoms with Crippen molar-refractivity contribution in [2.45, 2.75) is 13.8 Å². The van der Waals surface area contributed by atoms with E-state index in [-0.39, 0.29) is 0 Å². The largest absolute Gasteiger partial charge is 0.380 e. The molecule has 0 saturated carbocycles. The van der Waals surface area contributed by atoms with Crippen molar-refractivity contribution < 1.29 is 0 Å². The number of aryl methyl sites for hydroxylation is 1. The molecule has 0 radical (unpaired) electrons. The van der Waals surface area contributed by atoms with Crippen molar-refractivity contribution in [3.8, 4) is 0 Å². The van der Waals surface area contributed by atoms with Crippen LogP contribution in [0.2, 0.25) is 0 Å². The Morgan fingerprint density at radius 2 is 2.21 bits per heavy atom. The van der Waals surface area contributed by atoms with E-state index in [4.69, 9.17) is 0 Å². The molecule has 2 heterocycles. The van der Waals surface area contributed by atoms with E-state index in [0.29, 0.717) is 0 Å². The SMILES string of the molecule is CC1=C(c2ncccc2C)NCC=C1. The fourth-order valence-electron chi connectivity index (χ4n) is 1.64. The number of nitrogens with zero attached hydrogens (tertiary/aromatic N) is 1. The van der Waals surface area contributed by atoms with Crippen LogP contribution in [0.3, 0.4) is 0 Å². The fourth-order valence-corrected chi connectivity index (χ4v) is 1.64. The molecule has 0 fully saturated rings. The molecule has 72 valence electrons. The molecule has 0 amide bonds. The van der Waals surface area contributed by atoms with Gasteiger partial charge in [0, 0.05) is 12.7 Å². The molecular weight excluding hydrogens is 172 g/mol. The number of aromatic nitrogens is 1. The number of hydrogen-bond acceptors (Lipinski definition) is 2. The summed E-state index contributed by atoms with van der Waals surface area (Å²) in [5.41, 5.74) is 4.68. The number of dihydropyridines is 1. The van der Waals surface area contributed by atoms with Gasteiger partial charge in [0.15, 0.2) is 0 Å². The van der Waals surface area contributed by atoms with Gasteiger partial charge >= 0.3 is 0 Å². The molecule has 1 aliphatic heterocycles. The van der Waals surface area contributed by atoms with Crippen LogP contribution in [-0.2, 0) is 0 Å². The molecule has 2 heteroatoms. The monoisotopic (exact) mass is 186 g/mol. The third-order valence-corrected chi connectivity index (χ3v) is 2.41. The normalized spacial score (nSPS) is 15.6. The Bertz CT molecular complexity index is 403. The van der Waals surface area contributed by atoms with Gasteiger partial charge in [0.05, 0.1) is 11.4 Å². The van der Waals surface area contributed by atoms with E-state index in [1.54, 1.807) is 0 Å². The predicted molar refractivity (Wildman–Crippen MR) is 58.7 cm³/mol. The zero-order chi connectivity index (χ0) is 9.97. The van der Waals surface area contributed by atoms with Gasteiger partial charge in [0.1, 0.15) is 0 Å². The minimum atomic E-state index is 0.892. The summed E-state index contributed by atoms with van der Waals surface area (Å²) < 4.78 is 0. The second-order valence-corrected chi connectivity index (χ2v) is 3.51. The van der Waals surface area contributed by atoms with E-state index >= 15 is 0 Å². The topological polar surface area (TPSA) is 24.9 Å². The van der Waals surface area contributed by atoms with Crippen LogP contribution in [0.1, 0.15) is 18.2 Å². The van der Waals surface area contributed by atoms with Gasteiger partial charge in [-0.05, 0) is 31.1 Å². The molecule has 0 unspecified atom stereocenters. The molecule has 14 heavy (non-hydrogen) atoms. The van der Waals surface area contributed by atoms with E-state index in [1.807, 2.05) is 12.3 Å². The lowest BCUT2D eigenvalue weighted by molar-refractivity contribution is 0.961. The second kappa shape index (κ2) is 3.66. The number of nitrogens with one attached hydrogen (secondary N) is 1. The van der Waals surface area contributed by atoms with Gasteiger partial charge in [0.2, 0.25) is 0 Å². The van der Waals surface area contributed by atoms with Crippen LogP contribution in [0.4, 0.5) is 0 Å². The lowest BCUT2D eigenvalue weighted by Gasteiger charge is -2.16. The minimum Gasteiger partial charge on any atom is -0.380 e. The van der Waals surface area contributed by atoms with E-state index < -0.39 is 0 Å². The smallest absolute Gasteiger partial charge is 0.0892 e. The van der Waals surface area contributed by atoms with Gasteiger partial charge in [-0.3, -0.25) is 4.98 Å². The predicted octanol–water partition coefficient (Wildman–Crippen LogP) is 2.28. The van der Waals surface area contributed by atoms with Gasteiger partial charge in [-0.2, -0.15) is 0 Å². The quantitative estimate of drug-likeness (QED) is 0.727. The Hall–Kier alpha value is -1.57. The van der Waals surface area contributed by atoms with Gasteiger partial charge in [-0.15, -0.1) is 0 Å². The Morgan fingerprint density at radius 1 is 1.36 bits per heavy atom. The summed E-state index contributed by atoms with van der Waals surface area (Å²) in [4.78, 5) is 4.40. The van der Waals surface area contributed by atoms with Crippen LogP contribution in [0.25, 0.3) is 5.70 Å². The van der Waals surface area contributed by atoms with Gasteiger partial charge < -0.3 is 5.32 Å². The van der Waals surface area contributed by atoms with Gasteiger partial charge in [-0.1, -0.05) is 18.2 Å². The Morgan fingerprint density at radius 3 is 2.93 bits per heavy atom. The first kappa shape index (κ1) is 9.00. The average Bonchev–Trinajstić information content (AvgIpc) is 2.20. The van der Waals surface area contributed by atoms with Crippen molar-refractivity contribution in [2.24, 2.45) is 0 Å². The third kappa shape index (κ3) is 1.55. The van der Waals surface area contributed by atoms with Gasteiger partial charge in [-0.25, -0.2) is 0 Å². The van der Waals surface area contributed by atoms with Crippen LogP contribution in [0.5, 0.6) is 0 Å². The van der Waals surface area contributed by atoms with Crippen molar-refractivity contribution >= 4 is 5.70 Å². The van der Waals surface area contributed by atoms with Crippen LogP contribution in [0, 0.1) is 6.92 Å². The number of allylic oxidation sites excluding steroid dienone is 2. The zero-order valence-corrected chi connectivity index (χ0v) is 8.54. The summed E-state index contributed by atoms with van der Waals surface area (Å²) in [5.74, 6) is 0. The number of rotatable bonds is 1. The standard InChI is InChI=1S/C12H14N2/c1-9-5-3-7-13-11(9)12-10(2)6-4-8-14-12/h3-7,14H,8H2,1-2H3. The van der Waals surface area contributed by atoms with E-state index in [2.05, 4.69) is 42.4 Å². The summed E-state index contributed by atoms with van der Waals surface area (Å²) >= 11 is 0. The Kier molecular flexibility index (Phi) is 2.35. The Balaban J connectivity index is 2.49. The van der Waals surface area contributed by atoms with Crippen LogP contribution >= 0.6 is 0 Å². The molecule has 2 nitrogen and oxygen atoms in total. The van der Waals surface area contributed by atoms with Crippen molar-refractivity contribution in [2.75, 3.05) is 6.54 Å². The summed E-state index contributed by atoms with van der Waals surface area (Å²) in [5, 5.41) is 3.36. The lowest BCUT2D eigenvalue weighted by Crippen LogP contribution is -2.18. The lowest BCUT2D eigenvalue weighted by atomic mass is 10.1. The maximum absolute atomic E-state index is 4.40. The maximum atomic E-state index is 4.40. The molecule has 0 atom stereocenters. The van der Waals surface area contributed by atoms with Crippen molar-refractivity contribution in [1.82, 2.24) is 10.3 Å². The zero-order valence-electron chi connectivity index (χ0n) is 8.54. The van der Waals surface area contributed by atoms with Crippen molar-refractivity contribution in [3.63, 3.8) is 0 Å². The number of hydrogen-bond donors (Lipinski definition) is 1. The van der Waals surface area contributed by atoms with Crippen LogP contribution in [-0.4, -0.2) is 11.5 Å². The summed E-state index contributed by atoms with van der Waals surface area (Å²) in [7, 11) is 0. The van der Waals surface area contributed by atoms with Crippen molar-refractivity contribution in [1.29, 1.82) is 0 Å². The third-order valence-electron chi connectivity index (χ3n) is 2.41. The first-order valence-corrected chi connectivity index (χ1v) is 4.82. The molecule has 0 bridgehead atoms. The summed E-state index contributed by atoms with van der Waals surface area (Å²) in [6.07, 6.45) is 6.10. The van der Waals surface area contributed by atoms with E-state index in [1.165, 1.54) is 11.1 Å². The molecular formula is C12H14N2. The minimum absolute atomic E-state index is 0.892. The second-order valence-electron chi connectivity index (χ2n) is 3.51. The first-order valence-electron chi connectivity index (χ1n) is 4.82. The molecule has 1 N–H and O–H groups in total. The molecule has 0 saturated heterocycles. The molecule has 1 aromatic rings. The molecule has 0 aromatic carbocycles. The highest BCUT2D eigenvalue weighted by Gasteiger charge is 2.09. The van der Waals surface area contributed by atoms with Crippen LogP contribution in [0.15, 0.2) is 36.1 Å². The highest BCUT2D eigenvalue weighted by atomic mass is 14.9. The fraction of sp³-hybridized carbons (Fsp3) is 0.250. The summed E-state index contributed by atoms with van der Waals surface area (Å²) in [6.45, 7) is 5.08. The van der Waals surface area contributed by atoms with Crippen LogP contribution < -0.4 is 5.32 Å². The summed E-state index contributed by atoms with van der Waals surface area (Å²) in [6, 6.07) is 4.05. The first-order chi connectivity index (χ1) is 6.79. The molecule has 0 spiro atoms. The van der Waals surface area contributed by atoms with Gasteiger partial charge in [0.25, 0.3) is 0 Å². The highest BCUT2D eigenvalue weighted by Crippen LogP contribution is 2.19.